The molecule has 0 aromatic heterocycles. The van der Waals surface area contributed by atoms with E-state index in [1.807, 2.05) is 25.7 Å². The van der Waals surface area contributed by atoms with Crippen LogP contribution in [0, 0.1) is 5.92 Å². The number of carbonyl (C=O) groups is 1. The number of anilines is 1. The fourth-order valence-corrected chi connectivity index (χ4v) is 4.21. The zero-order valence-corrected chi connectivity index (χ0v) is 14.9. The summed E-state index contributed by atoms with van der Waals surface area (Å²) >= 11 is 3.82. The van der Waals surface area contributed by atoms with Gasteiger partial charge in [-0.2, -0.15) is 0 Å². The van der Waals surface area contributed by atoms with Crippen LogP contribution in [0.15, 0.2) is 24.3 Å². The summed E-state index contributed by atoms with van der Waals surface area (Å²) in [6, 6.07) is 8.71. The van der Waals surface area contributed by atoms with Gasteiger partial charge in [-0.1, -0.05) is 34.1 Å². The normalized spacial score (nSPS) is 27.5. The maximum atomic E-state index is 12.2. The molecule has 0 unspecified atom stereocenters. The van der Waals surface area contributed by atoms with Crippen LogP contribution in [-0.2, 0) is 4.74 Å². The number of hydrogen-bond acceptors (Lipinski definition) is 3. The topological polar surface area (TPSA) is 41.6 Å². The minimum Gasteiger partial charge on any atom is -0.444 e. The third-order valence-electron chi connectivity index (χ3n) is 4.28. The number of para-hydroxylation sites is 1. The number of rotatable bonds is 1. The Labute approximate surface area is 140 Å². The lowest BCUT2D eigenvalue weighted by Gasteiger charge is -2.26. The van der Waals surface area contributed by atoms with Gasteiger partial charge < -0.3 is 15.0 Å². The Morgan fingerprint density at radius 2 is 2.09 bits per heavy atom. The highest BCUT2D eigenvalue weighted by atomic mass is 79.9. The zero-order chi connectivity index (χ0) is 15.9. The summed E-state index contributed by atoms with van der Waals surface area (Å²) in [5.74, 6) is 0.435. The lowest BCUT2D eigenvalue weighted by Crippen LogP contribution is -2.37. The van der Waals surface area contributed by atoms with Crippen molar-refractivity contribution < 1.29 is 9.53 Å². The Kier molecular flexibility index (Phi) is 4.10. The Hall–Kier alpha value is -1.23. The zero-order valence-electron chi connectivity index (χ0n) is 13.3. The molecular weight excluding hydrogens is 344 g/mol. The lowest BCUT2D eigenvalue weighted by atomic mass is 9.96. The molecule has 0 aliphatic carbocycles. The highest BCUT2D eigenvalue weighted by Crippen LogP contribution is 2.44. The molecule has 2 heterocycles. The number of hydrogen-bond donors (Lipinski definition) is 1. The van der Waals surface area contributed by atoms with Gasteiger partial charge in [-0.3, -0.25) is 0 Å². The maximum Gasteiger partial charge on any atom is 0.410 e. The first kappa shape index (κ1) is 15.7. The molecule has 3 rings (SSSR count). The van der Waals surface area contributed by atoms with Crippen LogP contribution in [-0.4, -0.2) is 35.7 Å². The van der Waals surface area contributed by atoms with Crippen molar-refractivity contribution in [3.8, 4) is 0 Å². The van der Waals surface area contributed by atoms with Crippen molar-refractivity contribution in [2.45, 2.75) is 43.7 Å². The summed E-state index contributed by atoms with van der Waals surface area (Å²) in [5.41, 5.74) is 2.07. The molecule has 1 saturated heterocycles. The number of nitrogens with one attached hydrogen (secondary N) is 1. The maximum absolute atomic E-state index is 12.2. The summed E-state index contributed by atoms with van der Waals surface area (Å²) in [4.78, 5) is 14.3. The molecule has 4 nitrogen and oxygen atoms in total. The van der Waals surface area contributed by atoms with Crippen molar-refractivity contribution in [3.63, 3.8) is 0 Å². The van der Waals surface area contributed by atoms with Crippen LogP contribution in [0.4, 0.5) is 10.5 Å². The minimum atomic E-state index is -0.436. The van der Waals surface area contributed by atoms with Crippen molar-refractivity contribution in [1.82, 2.24) is 4.90 Å². The van der Waals surface area contributed by atoms with Gasteiger partial charge in [-0.15, -0.1) is 0 Å². The molecule has 22 heavy (non-hydrogen) atoms. The van der Waals surface area contributed by atoms with Gasteiger partial charge in [0.05, 0.1) is 4.83 Å². The van der Waals surface area contributed by atoms with E-state index >= 15 is 0 Å². The molecule has 5 heteroatoms. The SMILES string of the molecule is CC(C)(C)OC(=O)N1CC[C@H]([C@H]2Nc3ccccc3[C@H]2Br)C1. The summed E-state index contributed by atoms with van der Waals surface area (Å²) in [6.45, 7) is 7.24. The third kappa shape index (κ3) is 3.09. The van der Waals surface area contributed by atoms with Crippen LogP contribution in [0.25, 0.3) is 0 Å². The van der Waals surface area contributed by atoms with Gasteiger partial charge in [0.1, 0.15) is 5.60 Å². The molecule has 1 N–H and O–H groups in total. The molecule has 120 valence electrons. The van der Waals surface area contributed by atoms with Crippen LogP contribution < -0.4 is 5.32 Å². The van der Waals surface area contributed by atoms with Gasteiger partial charge in [-0.05, 0) is 44.7 Å². The van der Waals surface area contributed by atoms with Gasteiger partial charge in [0.15, 0.2) is 0 Å². The largest absolute Gasteiger partial charge is 0.444 e. The Morgan fingerprint density at radius 3 is 2.77 bits per heavy atom. The monoisotopic (exact) mass is 366 g/mol. The van der Waals surface area contributed by atoms with Crippen molar-refractivity contribution in [2.24, 2.45) is 5.92 Å². The van der Waals surface area contributed by atoms with Crippen molar-refractivity contribution in [3.05, 3.63) is 29.8 Å². The molecule has 0 bridgehead atoms. The first-order valence-electron chi connectivity index (χ1n) is 7.82. The smallest absolute Gasteiger partial charge is 0.410 e. The average Bonchev–Trinajstić information content (AvgIpc) is 3.03. The quantitative estimate of drug-likeness (QED) is 0.758. The second-order valence-electron chi connectivity index (χ2n) is 7.13. The highest BCUT2D eigenvalue weighted by Gasteiger charge is 2.40. The Morgan fingerprint density at radius 1 is 1.36 bits per heavy atom. The number of fused-ring (bicyclic) bond motifs is 1. The van der Waals surface area contributed by atoms with Crippen LogP contribution in [0.5, 0.6) is 0 Å². The first-order chi connectivity index (χ1) is 10.3. The lowest BCUT2D eigenvalue weighted by molar-refractivity contribution is 0.0287. The molecule has 0 saturated carbocycles. The van der Waals surface area contributed by atoms with E-state index in [0.717, 1.165) is 19.5 Å². The van der Waals surface area contributed by atoms with E-state index in [4.69, 9.17) is 4.74 Å². The van der Waals surface area contributed by atoms with E-state index in [9.17, 15) is 4.79 Å². The molecule has 1 aromatic carbocycles. The van der Waals surface area contributed by atoms with Crippen LogP contribution in [0.1, 0.15) is 37.6 Å². The molecule has 2 aliphatic heterocycles. The third-order valence-corrected chi connectivity index (χ3v) is 5.34. The number of ether oxygens (including phenoxy) is 1. The summed E-state index contributed by atoms with van der Waals surface area (Å²) in [7, 11) is 0. The van der Waals surface area contributed by atoms with E-state index < -0.39 is 5.60 Å². The first-order valence-corrected chi connectivity index (χ1v) is 8.74. The number of benzene rings is 1. The van der Waals surface area contributed by atoms with E-state index in [1.54, 1.807) is 0 Å². The van der Waals surface area contributed by atoms with Gasteiger partial charge in [-0.25, -0.2) is 4.79 Å². The molecule has 1 fully saturated rings. The van der Waals surface area contributed by atoms with Crippen molar-refractivity contribution in [1.29, 1.82) is 0 Å². The van der Waals surface area contributed by atoms with E-state index in [0.29, 0.717) is 16.8 Å². The number of halogens is 1. The van der Waals surface area contributed by atoms with E-state index in [1.165, 1.54) is 11.3 Å². The fourth-order valence-electron chi connectivity index (χ4n) is 3.24. The average molecular weight is 367 g/mol. The van der Waals surface area contributed by atoms with E-state index in [2.05, 4.69) is 45.5 Å². The van der Waals surface area contributed by atoms with Gasteiger partial charge in [0, 0.05) is 24.8 Å². The number of likely N-dealkylation sites (tertiary alicyclic amines) is 1. The molecule has 3 atom stereocenters. The van der Waals surface area contributed by atoms with Gasteiger partial charge in [0.2, 0.25) is 0 Å². The molecule has 0 radical (unpaired) electrons. The molecular formula is C17H23BrN2O2. The van der Waals surface area contributed by atoms with Gasteiger partial charge >= 0.3 is 6.09 Å². The molecule has 2 aliphatic rings. The van der Waals surface area contributed by atoms with Crippen LogP contribution in [0.3, 0.4) is 0 Å². The Bertz CT molecular complexity index is 570. The van der Waals surface area contributed by atoms with Crippen LogP contribution in [0.2, 0.25) is 0 Å². The number of alkyl halides is 1. The molecule has 0 spiro atoms. The predicted molar refractivity (Wildman–Crippen MR) is 91.4 cm³/mol. The van der Waals surface area contributed by atoms with E-state index in [-0.39, 0.29) is 6.09 Å². The Balaban J connectivity index is 1.64. The summed E-state index contributed by atoms with van der Waals surface area (Å²) in [5, 5.41) is 3.61. The summed E-state index contributed by atoms with van der Waals surface area (Å²) in [6.07, 6.45) is 0.809. The second kappa shape index (κ2) is 5.76. The van der Waals surface area contributed by atoms with Crippen molar-refractivity contribution >= 4 is 27.7 Å². The fraction of sp³-hybridized carbons (Fsp3) is 0.588. The standard InChI is InChI=1S/C17H23BrN2O2/c1-17(2,3)22-16(21)20-9-8-11(10-20)15-14(18)12-6-4-5-7-13(12)19-15/h4-7,11,14-15,19H,8-10H2,1-3H3/t11-,14+,15+/m0/s1. The number of amides is 1. The molecule has 1 amide bonds. The number of carbonyl (C=O) groups excluding carboxylic acids is 1. The predicted octanol–water partition coefficient (Wildman–Crippen LogP) is 4.17. The number of nitrogens with zero attached hydrogens (tertiary/aromatic N) is 1. The minimum absolute atomic E-state index is 0.198. The highest BCUT2D eigenvalue weighted by molar-refractivity contribution is 9.09. The van der Waals surface area contributed by atoms with Gasteiger partial charge in [0.25, 0.3) is 0 Å². The second-order valence-corrected chi connectivity index (χ2v) is 8.12. The van der Waals surface area contributed by atoms with Crippen molar-refractivity contribution in [2.75, 3.05) is 18.4 Å². The molecule has 1 aromatic rings. The van der Waals surface area contributed by atoms with Crippen LogP contribution >= 0.6 is 15.9 Å². The summed E-state index contributed by atoms with van der Waals surface area (Å²) < 4.78 is 5.48.